The number of pyridine rings is 1. The highest BCUT2D eigenvalue weighted by Gasteiger charge is 2.47. The average Bonchev–Trinajstić information content (AvgIpc) is 3.79. The third-order valence-corrected chi connectivity index (χ3v) is 8.63. The summed E-state index contributed by atoms with van der Waals surface area (Å²) in [4.78, 5) is 31.8. The number of benzene rings is 4. The van der Waals surface area contributed by atoms with Crippen LogP contribution in [-0.2, 0) is 12.1 Å². The van der Waals surface area contributed by atoms with Crippen LogP contribution in [-0.4, -0.2) is 23.8 Å². The molecule has 6 aromatic rings. The van der Waals surface area contributed by atoms with Crippen molar-refractivity contribution in [1.82, 2.24) is 15.6 Å². The van der Waals surface area contributed by atoms with E-state index in [2.05, 4.69) is 15.6 Å². The van der Waals surface area contributed by atoms with E-state index in [-0.39, 0.29) is 17.6 Å². The van der Waals surface area contributed by atoms with Crippen LogP contribution in [0, 0.1) is 12.7 Å². The first kappa shape index (κ1) is 29.9. The summed E-state index contributed by atoms with van der Waals surface area (Å²) in [6.07, 6.45) is 3.33. The maximum absolute atomic E-state index is 14.1. The van der Waals surface area contributed by atoms with Crippen molar-refractivity contribution in [3.05, 3.63) is 143 Å². The van der Waals surface area contributed by atoms with E-state index < -0.39 is 5.54 Å². The fourth-order valence-corrected chi connectivity index (χ4v) is 5.95. The highest BCUT2D eigenvalue weighted by atomic mass is 19.1. The van der Waals surface area contributed by atoms with Gasteiger partial charge in [-0.2, -0.15) is 0 Å². The van der Waals surface area contributed by atoms with Crippen LogP contribution in [0.1, 0.15) is 50.4 Å². The van der Waals surface area contributed by atoms with Crippen LogP contribution in [0.4, 0.5) is 4.39 Å². The summed E-state index contributed by atoms with van der Waals surface area (Å²) in [7, 11) is 1.56. The lowest BCUT2D eigenvalue weighted by atomic mass is 9.94. The Hall–Kier alpha value is -5.76. The second-order valence-electron chi connectivity index (χ2n) is 11.8. The van der Waals surface area contributed by atoms with E-state index in [1.807, 2.05) is 85.8 Å². The molecule has 1 aliphatic rings. The zero-order chi connectivity index (χ0) is 32.5. The summed E-state index contributed by atoms with van der Waals surface area (Å²) in [6, 6.07) is 30.7. The monoisotopic (exact) mass is 625 g/mol. The van der Waals surface area contributed by atoms with Gasteiger partial charge < -0.3 is 19.8 Å². The molecule has 1 fully saturated rings. The summed E-state index contributed by atoms with van der Waals surface area (Å²) < 4.78 is 26.1. The molecule has 8 heteroatoms. The molecule has 0 saturated heterocycles. The molecule has 0 atom stereocenters. The number of carbonyl (C=O) groups is 2. The number of ether oxygens (including phenoxy) is 1. The Kier molecular flexibility index (Phi) is 7.77. The fraction of sp³-hybridized carbons (Fsp3) is 0.154. The lowest BCUT2D eigenvalue weighted by molar-refractivity contribution is 0.0923. The van der Waals surface area contributed by atoms with Gasteiger partial charge in [-0.3, -0.25) is 14.6 Å². The third kappa shape index (κ3) is 5.86. The van der Waals surface area contributed by atoms with Gasteiger partial charge in [0.1, 0.15) is 29.5 Å². The minimum Gasteiger partial charge on any atom is -0.488 e. The van der Waals surface area contributed by atoms with Crippen molar-refractivity contribution < 1.29 is 23.1 Å². The Balaban J connectivity index is 1.31. The summed E-state index contributed by atoms with van der Waals surface area (Å²) in [5.41, 5.74) is 5.62. The van der Waals surface area contributed by atoms with Crippen LogP contribution in [0.25, 0.3) is 33.4 Å². The molecule has 2 aromatic heterocycles. The van der Waals surface area contributed by atoms with E-state index in [0.717, 1.165) is 40.8 Å². The molecule has 7 rings (SSSR count). The molecule has 2 amide bonds. The van der Waals surface area contributed by atoms with Gasteiger partial charge in [-0.15, -0.1) is 0 Å². The highest BCUT2D eigenvalue weighted by Crippen LogP contribution is 2.45. The van der Waals surface area contributed by atoms with Crippen molar-refractivity contribution in [2.24, 2.45) is 0 Å². The third-order valence-electron chi connectivity index (χ3n) is 8.63. The predicted molar refractivity (Wildman–Crippen MR) is 179 cm³/mol. The van der Waals surface area contributed by atoms with Gasteiger partial charge >= 0.3 is 0 Å². The van der Waals surface area contributed by atoms with Gasteiger partial charge in [0.25, 0.3) is 11.8 Å². The summed E-state index contributed by atoms with van der Waals surface area (Å²) in [5, 5.41) is 6.55. The van der Waals surface area contributed by atoms with Crippen LogP contribution >= 0.6 is 0 Å². The Morgan fingerprint density at radius 3 is 2.34 bits per heavy atom. The van der Waals surface area contributed by atoms with Gasteiger partial charge in [-0.05, 0) is 103 Å². The van der Waals surface area contributed by atoms with Crippen LogP contribution in [0.3, 0.4) is 0 Å². The molecule has 0 radical (unpaired) electrons. The quantitative estimate of drug-likeness (QED) is 0.170. The topological polar surface area (TPSA) is 93.5 Å². The van der Waals surface area contributed by atoms with Gasteiger partial charge in [-0.25, -0.2) is 4.39 Å². The number of aryl methyl sites for hydroxylation is 1. The van der Waals surface area contributed by atoms with Crippen LogP contribution in [0.2, 0.25) is 0 Å². The minimum atomic E-state index is -0.519. The Morgan fingerprint density at radius 1 is 0.894 bits per heavy atom. The molecule has 47 heavy (non-hydrogen) atoms. The molecule has 0 bridgehead atoms. The highest BCUT2D eigenvalue weighted by molar-refractivity contribution is 6.12. The van der Waals surface area contributed by atoms with E-state index in [1.165, 1.54) is 12.1 Å². The van der Waals surface area contributed by atoms with Gasteiger partial charge in [0.15, 0.2) is 0 Å². The number of nitrogens with zero attached hydrogens (tertiary/aromatic N) is 1. The smallest absolute Gasteiger partial charge is 0.255 e. The molecule has 4 aromatic carbocycles. The Labute approximate surface area is 271 Å². The van der Waals surface area contributed by atoms with Crippen molar-refractivity contribution in [2.45, 2.75) is 31.9 Å². The Morgan fingerprint density at radius 2 is 1.64 bits per heavy atom. The molecule has 1 saturated carbocycles. The molecule has 2 N–H and O–H groups in total. The van der Waals surface area contributed by atoms with Crippen molar-refractivity contribution in [3.8, 4) is 28.2 Å². The molecular formula is C39H32FN3O4. The van der Waals surface area contributed by atoms with Crippen molar-refractivity contribution >= 4 is 22.8 Å². The van der Waals surface area contributed by atoms with Gasteiger partial charge in [0.2, 0.25) is 0 Å². The lowest BCUT2D eigenvalue weighted by Crippen LogP contribution is -2.35. The average molecular weight is 626 g/mol. The van der Waals surface area contributed by atoms with E-state index in [1.54, 1.807) is 25.4 Å². The first-order chi connectivity index (χ1) is 22.8. The van der Waals surface area contributed by atoms with E-state index in [0.29, 0.717) is 45.8 Å². The first-order valence-corrected chi connectivity index (χ1v) is 15.5. The van der Waals surface area contributed by atoms with Crippen LogP contribution < -0.4 is 15.4 Å². The fourth-order valence-electron chi connectivity index (χ4n) is 5.95. The zero-order valence-electron chi connectivity index (χ0n) is 26.0. The van der Waals surface area contributed by atoms with E-state index in [9.17, 15) is 14.0 Å². The number of hydrogen-bond acceptors (Lipinski definition) is 5. The molecule has 7 nitrogen and oxygen atoms in total. The number of nitrogens with one attached hydrogen (secondary N) is 2. The van der Waals surface area contributed by atoms with Gasteiger partial charge in [0, 0.05) is 24.2 Å². The number of halogens is 1. The number of aromatic nitrogens is 1. The zero-order valence-corrected chi connectivity index (χ0v) is 26.0. The molecule has 234 valence electrons. The molecule has 0 spiro atoms. The summed E-state index contributed by atoms with van der Waals surface area (Å²) in [6.45, 7) is 2.26. The van der Waals surface area contributed by atoms with Crippen LogP contribution in [0.5, 0.6) is 5.75 Å². The maximum atomic E-state index is 14.1. The van der Waals surface area contributed by atoms with E-state index in [4.69, 9.17) is 9.15 Å². The number of rotatable bonds is 9. The number of hydrogen-bond donors (Lipinski definition) is 2. The largest absolute Gasteiger partial charge is 0.488 e. The summed E-state index contributed by atoms with van der Waals surface area (Å²) >= 11 is 0. The number of fused-ring (bicyclic) bond motifs is 1. The molecular weight excluding hydrogens is 593 g/mol. The van der Waals surface area contributed by atoms with Gasteiger partial charge in [-0.1, -0.05) is 42.5 Å². The number of carbonyl (C=O) groups excluding carboxylic acids is 2. The molecule has 0 unspecified atom stereocenters. The first-order valence-electron chi connectivity index (χ1n) is 15.5. The second kappa shape index (κ2) is 12.2. The maximum Gasteiger partial charge on any atom is 0.255 e. The SMILES string of the molecule is CNC(=O)c1c(-c2ccc(F)cc2)oc2ccc(-c3cc(C(=O)NC4(c5ccccn5)CC4)c(OCc4ccccc4)cc3C)cc12. The van der Waals surface area contributed by atoms with Gasteiger partial charge in [0.05, 0.1) is 22.4 Å². The number of amides is 2. The van der Waals surface area contributed by atoms with Crippen molar-refractivity contribution in [1.29, 1.82) is 0 Å². The lowest BCUT2D eigenvalue weighted by Gasteiger charge is -2.20. The second-order valence-corrected chi connectivity index (χ2v) is 11.8. The summed E-state index contributed by atoms with van der Waals surface area (Å²) in [5.74, 6) is -0.147. The van der Waals surface area contributed by atoms with Crippen molar-refractivity contribution in [3.63, 3.8) is 0 Å². The van der Waals surface area contributed by atoms with Crippen LogP contribution in [0.15, 0.2) is 114 Å². The molecule has 2 heterocycles. The van der Waals surface area contributed by atoms with E-state index >= 15 is 0 Å². The normalized spacial score (nSPS) is 13.3. The molecule has 0 aliphatic heterocycles. The predicted octanol–water partition coefficient (Wildman–Crippen LogP) is 7.97. The minimum absolute atomic E-state index is 0.258. The Bertz CT molecular complexity index is 2100. The standard InChI is InChI=1S/C39H32FN3O4/c1-24-20-33(46-23-25-8-4-3-5-9-25)31(37(44)43-39(17-18-39)34-10-6-7-19-42-34)22-29(24)27-13-16-32-30(21-27)35(38(45)41-2)36(47-32)26-11-14-28(40)15-12-26/h3-16,19-22H,17-18,23H2,1-2H3,(H,41,45)(H,43,44). The van der Waals surface area contributed by atoms with Crippen molar-refractivity contribution in [2.75, 3.05) is 7.05 Å². The number of furan rings is 1. The molecule has 1 aliphatic carbocycles.